The molecule has 3 rings (SSSR count). The average Bonchev–Trinajstić information content (AvgIpc) is 3.28. The Morgan fingerprint density at radius 3 is 2.47 bits per heavy atom. The summed E-state index contributed by atoms with van der Waals surface area (Å²) < 4.78 is 5.77. The first kappa shape index (κ1) is 23.8. The summed E-state index contributed by atoms with van der Waals surface area (Å²) in [5, 5.41) is 3.15. The standard InChI is InChI=1S/C27H36N2O3/c1-20-13-15-25(16-14-20)32-17-7-12-26(30)29(19-23-9-6-8-21(2)18-23)22(3)27(31)28-24-10-4-5-11-24/h6,8-9,13-16,18,22,24H,4-5,7,10-12,17,19H2,1-3H3,(H,28,31). The third kappa shape index (κ3) is 7.11. The Balaban J connectivity index is 1.59. The second kappa shape index (κ2) is 11.7. The summed E-state index contributed by atoms with van der Waals surface area (Å²) in [7, 11) is 0. The third-order valence-electron chi connectivity index (χ3n) is 6.13. The minimum atomic E-state index is -0.512. The van der Waals surface area contributed by atoms with E-state index >= 15 is 0 Å². The van der Waals surface area contributed by atoms with Crippen molar-refractivity contribution in [1.29, 1.82) is 0 Å². The van der Waals surface area contributed by atoms with E-state index in [1.165, 1.54) is 5.56 Å². The predicted molar refractivity (Wildman–Crippen MR) is 127 cm³/mol. The quantitative estimate of drug-likeness (QED) is 0.537. The van der Waals surface area contributed by atoms with E-state index in [2.05, 4.69) is 11.4 Å². The lowest BCUT2D eigenvalue weighted by atomic mass is 10.1. The molecule has 1 fully saturated rings. The highest BCUT2D eigenvalue weighted by Gasteiger charge is 2.28. The van der Waals surface area contributed by atoms with Crippen LogP contribution in [0.15, 0.2) is 48.5 Å². The number of nitrogens with zero attached hydrogens (tertiary/aromatic N) is 1. The number of hydrogen-bond donors (Lipinski definition) is 1. The Labute approximate surface area is 192 Å². The number of benzene rings is 2. The smallest absolute Gasteiger partial charge is 0.242 e. The van der Waals surface area contributed by atoms with E-state index in [4.69, 9.17) is 4.74 Å². The number of rotatable bonds is 10. The molecule has 172 valence electrons. The summed E-state index contributed by atoms with van der Waals surface area (Å²) in [5.74, 6) is 0.728. The van der Waals surface area contributed by atoms with Gasteiger partial charge in [-0.05, 0) is 57.7 Å². The molecule has 2 amide bonds. The molecule has 1 unspecified atom stereocenters. The Morgan fingerprint density at radius 2 is 1.78 bits per heavy atom. The number of amides is 2. The van der Waals surface area contributed by atoms with E-state index in [1.807, 2.05) is 63.2 Å². The van der Waals surface area contributed by atoms with E-state index in [-0.39, 0.29) is 17.9 Å². The number of carbonyl (C=O) groups is 2. The molecule has 5 nitrogen and oxygen atoms in total. The first-order valence-corrected chi connectivity index (χ1v) is 11.8. The number of carbonyl (C=O) groups excluding carboxylic acids is 2. The molecule has 2 aromatic carbocycles. The van der Waals surface area contributed by atoms with Crippen LogP contribution in [0.3, 0.4) is 0 Å². The Morgan fingerprint density at radius 1 is 1.06 bits per heavy atom. The number of ether oxygens (including phenoxy) is 1. The molecule has 1 saturated carbocycles. The molecule has 1 N–H and O–H groups in total. The SMILES string of the molecule is Cc1ccc(OCCCC(=O)N(Cc2cccc(C)c2)C(C)C(=O)NC2CCCC2)cc1. The van der Waals surface area contributed by atoms with Gasteiger partial charge in [0.15, 0.2) is 0 Å². The monoisotopic (exact) mass is 436 g/mol. The third-order valence-corrected chi connectivity index (χ3v) is 6.13. The molecule has 1 atom stereocenters. The Kier molecular flexibility index (Phi) is 8.72. The van der Waals surface area contributed by atoms with Crippen molar-refractivity contribution in [2.45, 2.75) is 77.9 Å². The first-order chi connectivity index (χ1) is 15.4. The van der Waals surface area contributed by atoms with Crippen LogP contribution in [0.1, 0.15) is 62.1 Å². The molecule has 0 spiro atoms. The lowest BCUT2D eigenvalue weighted by Gasteiger charge is -2.30. The fraction of sp³-hybridized carbons (Fsp3) is 0.481. The zero-order valence-electron chi connectivity index (χ0n) is 19.6. The fourth-order valence-electron chi connectivity index (χ4n) is 4.17. The van der Waals surface area contributed by atoms with Crippen molar-refractivity contribution in [1.82, 2.24) is 10.2 Å². The predicted octanol–water partition coefficient (Wildman–Crippen LogP) is 4.94. The van der Waals surface area contributed by atoms with Crippen LogP contribution in [0, 0.1) is 13.8 Å². The minimum absolute atomic E-state index is 0.0203. The summed E-state index contributed by atoms with van der Waals surface area (Å²) >= 11 is 0. The lowest BCUT2D eigenvalue weighted by Crippen LogP contribution is -2.49. The van der Waals surface area contributed by atoms with Gasteiger partial charge >= 0.3 is 0 Å². The summed E-state index contributed by atoms with van der Waals surface area (Å²) in [6.45, 7) is 6.80. The molecule has 2 aromatic rings. The normalized spacial score (nSPS) is 14.7. The first-order valence-electron chi connectivity index (χ1n) is 11.8. The van der Waals surface area contributed by atoms with Crippen molar-refractivity contribution in [3.8, 4) is 5.75 Å². The van der Waals surface area contributed by atoms with Crippen molar-refractivity contribution in [2.24, 2.45) is 0 Å². The highest BCUT2D eigenvalue weighted by atomic mass is 16.5. The zero-order chi connectivity index (χ0) is 22.9. The van der Waals surface area contributed by atoms with Crippen molar-refractivity contribution in [3.63, 3.8) is 0 Å². The van der Waals surface area contributed by atoms with Crippen molar-refractivity contribution < 1.29 is 14.3 Å². The van der Waals surface area contributed by atoms with Gasteiger partial charge in [0.2, 0.25) is 11.8 Å². The molecule has 32 heavy (non-hydrogen) atoms. The molecule has 0 aromatic heterocycles. The van der Waals surface area contributed by atoms with Crippen molar-refractivity contribution in [3.05, 3.63) is 65.2 Å². The van der Waals surface area contributed by atoms with E-state index in [1.54, 1.807) is 4.90 Å². The van der Waals surface area contributed by atoms with Gasteiger partial charge in [0, 0.05) is 19.0 Å². The van der Waals surface area contributed by atoms with Gasteiger partial charge in [-0.3, -0.25) is 9.59 Å². The molecule has 5 heteroatoms. The van der Waals surface area contributed by atoms with Gasteiger partial charge in [0.05, 0.1) is 6.61 Å². The van der Waals surface area contributed by atoms with Gasteiger partial charge in [-0.1, -0.05) is 60.4 Å². The van der Waals surface area contributed by atoms with Gasteiger partial charge in [-0.15, -0.1) is 0 Å². The summed E-state index contributed by atoms with van der Waals surface area (Å²) in [4.78, 5) is 27.8. The largest absolute Gasteiger partial charge is 0.494 e. The van der Waals surface area contributed by atoms with Crippen LogP contribution in [0.5, 0.6) is 5.75 Å². The van der Waals surface area contributed by atoms with Crippen LogP contribution in [0.25, 0.3) is 0 Å². The molecular weight excluding hydrogens is 400 g/mol. The lowest BCUT2D eigenvalue weighted by molar-refractivity contribution is -0.141. The molecule has 1 aliphatic rings. The second-order valence-corrected chi connectivity index (χ2v) is 8.94. The number of aryl methyl sites for hydroxylation is 2. The highest BCUT2D eigenvalue weighted by molar-refractivity contribution is 5.87. The molecule has 1 aliphatic carbocycles. The van der Waals surface area contributed by atoms with Crippen LogP contribution < -0.4 is 10.1 Å². The van der Waals surface area contributed by atoms with E-state index in [9.17, 15) is 9.59 Å². The Hall–Kier alpha value is -2.82. The van der Waals surface area contributed by atoms with Crippen LogP contribution >= 0.6 is 0 Å². The van der Waals surface area contributed by atoms with Crippen molar-refractivity contribution in [2.75, 3.05) is 6.61 Å². The van der Waals surface area contributed by atoms with Crippen LogP contribution in [0.4, 0.5) is 0 Å². The number of nitrogens with one attached hydrogen (secondary N) is 1. The summed E-state index contributed by atoms with van der Waals surface area (Å²) in [6.07, 6.45) is 5.33. The van der Waals surface area contributed by atoms with E-state index in [0.29, 0.717) is 26.0 Å². The molecule has 0 bridgehead atoms. The molecular formula is C27H36N2O3. The average molecular weight is 437 g/mol. The second-order valence-electron chi connectivity index (χ2n) is 8.94. The summed E-state index contributed by atoms with van der Waals surface area (Å²) in [6, 6.07) is 15.7. The zero-order valence-corrected chi connectivity index (χ0v) is 19.6. The van der Waals surface area contributed by atoms with Crippen LogP contribution in [-0.2, 0) is 16.1 Å². The van der Waals surface area contributed by atoms with Gasteiger partial charge in [-0.25, -0.2) is 0 Å². The fourth-order valence-corrected chi connectivity index (χ4v) is 4.17. The minimum Gasteiger partial charge on any atom is -0.494 e. The van der Waals surface area contributed by atoms with Gasteiger partial charge < -0.3 is 15.0 Å². The van der Waals surface area contributed by atoms with Crippen LogP contribution in [0.2, 0.25) is 0 Å². The van der Waals surface area contributed by atoms with Gasteiger partial charge in [0.1, 0.15) is 11.8 Å². The molecule has 0 aliphatic heterocycles. The Bertz CT molecular complexity index is 888. The molecule has 0 heterocycles. The van der Waals surface area contributed by atoms with Crippen LogP contribution in [-0.4, -0.2) is 35.4 Å². The number of hydrogen-bond acceptors (Lipinski definition) is 3. The van der Waals surface area contributed by atoms with E-state index in [0.717, 1.165) is 42.6 Å². The van der Waals surface area contributed by atoms with E-state index < -0.39 is 6.04 Å². The molecule has 0 radical (unpaired) electrons. The summed E-state index contributed by atoms with van der Waals surface area (Å²) in [5.41, 5.74) is 3.36. The maximum Gasteiger partial charge on any atom is 0.242 e. The maximum absolute atomic E-state index is 13.2. The van der Waals surface area contributed by atoms with Gasteiger partial charge in [-0.2, -0.15) is 0 Å². The molecule has 0 saturated heterocycles. The topological polar surface area (TPSA) is 58.6 Å². The van der Waals surface area contributed by atoms with Crippen molar-refractivity contribution >= 4 is 11.8 Å². The van der Waals surface area contributed by atoms with Gasteiger partial charge in [0.25, 0.3) is 0 Å². The highest BCUT2D eigenvalue weighted by Crippen LogP contribution is 2.19. The maximum atomic E-state index is 13.2.